The molecule has 90 valence electrons. The third kappa shape index (κ3) is 2.77. The third-order valence-corrected chi connectivity index (χ3v) is 3.78. The van der Waals surface area contributed by atoms with Crippen LogP contribution >= 0.6 is 22.6 Å². The minimum Gasteiger partial charge on any atom is -0.481 e. The molecule has 0 unspecified atom stereocenters. The standard InChI is InChI=1S/C7H7F2IN2O3S/c1-15-7-3(5(8)9)2-4(6(10)12-7)16(11,13)14/h2,5H,1H3,(H2,11,13,14). The first kappa shape index (κ1) is 13.5. The smallest absolute Gasteiger partial charge is 0.269 e. The number of halogens is 3. The van der Waals surface area contributed by atoms with Gasteiger partial charge in [0, 0.05) is 0 Å². The lowest BCUT2D eigenvalue weighted by Gasteiger charge is -2.09. The summed E-state index contributed by atoms with van der Waals surface area (Å²) in [6.45, 7) is 0. The average molecular weight is 364 g/mol. The Kier molecular flexibility index (Phi) is 4.02. The maximum atomic E-state index is 12.6. The molecule has 0 saturated carbocycles. The van der Waals surface area contributed by atoms with Crippen molar-refractivity contribution in [1.29, 1.82) is 0 Å². The Morgan fingerprint density at radius 3 is 2.50 bits per heavy atom. The van der Waals surface area contributed by atoms with Gasteiger partial charge in [-0.05, 0) is 28.7 Å². The Morgan fingerprint density at radius 1 is 1.56 bits per heavy atom. The average Bonchev–Trinajstić information content (AvgIpc) is 2.14. The van der Waals surface area contributed by atoms with Gasteiger partial charge in [0.15, 0.2) is 0 Å². The molecule has 0 amide bonds. The highest BCUT2D eigenvalue weighted by atomic mass is 127. The molecular weight excluding hydrogens is 357 g/mol. The van der Waals surface area contributed by atoms with E-state index in [0.717, 1.165) is 6.07 Å². The largest absolute Gasteiger partial charge is 0.481 e. The van der Waals surface area contributed by atoms with Crippen LogP contribution < -0.4 is 9.88 Å². The topological polar surface area (TPSA) is 82.3 Å². The molecule has 0 fully saturated rings. The summed E-state index contributed by atoms with van der Waals surface area (Å²) in [7, 11) is -2.91. The summed E-state index contributed by atoms with van der Waals surface area (Å²) < 4.78 is 51.9. The van der Waals surface area contributed by atoms with Gasteiger partial charge in [-0.2, -0.15) is 0 Å². The first-order valence-electron chi connectivity index (χ1n) is 3.82. The quantitative estimate of drug-likeness (QED) is 0.647. The third-order valence-electron chi connectivity index (χ3n) is 1.67. The summed E-state index contributed by atoms with van der Waals surface area (Å²) in [6, 6.07) is 0.771. The number of primary sulfonamides is 1. The van der Waals surface area contributed by atoms with E-state index >= 15 is 0 Å². The van der Waals surface area contributed by atoms with Gasteiger partial charge in [-0.25, -0.2) is 27.3 Å². The van der Waals surface area contributed by atoms with Crippen molar-refractivity contribution in [2.75, 3.05) is 7.11 Å². The van der Waals surface area contributed by atoms with Crippen LogP contribution in [0.4, 0.5) is 8.78 Å². The number of sulfonamides is 1. The van der Waals surface area contributed by atoms with E-state index in [0.29, 0.717) is 0 Å². The van der Waals surface area contributed by atoms with Gasteiger partial charge in [0.1, 0.15) is 8.60 Å². The molecule has 0 saturated heterocycles. The van der Waals surface area contributed by atoms with E-state index in [-0.39, 0.29) is 9.58 Å². The normalized spacial score (nSPS) is 11.9. The van der Waals surface area contributed by atoms with Gasteiger partial charge < -0.3 is 4.74 Å². The van der Waals surface area contributed by atoms with Gasteiger partial charge in [-0.1, -0.05) is 0 Å². The van der Waals surface area contributed by atoms with Crippen LogP contribution in [0.2, 0.25) is 0 Å². The molecule has 0 aliphatic heterocycles. The fourth-order valence-electron chi connectivity index (χ4n) is 0.991. The SMILES string of the molecule is COc1nc(I)c(S(N)(=O)=O)cc1C(F)F. The van der Waals surface area contributed by atoms with Crippen LogP contribution in [0, 0.1) is 3.70 Å². The number of nitrogens with zero attached hydrogens (tertiary/aromatic N) is 1. The van der Waals surface area contributed by atoms with E-state index in [9.17, 15) is 17.2 Å². The fourth-order valence-corrected chi connectivity index (χ4v) is 2.86. The van der Waals surface area contributed by atoms with Crippen molar-refractivity contribution in [3.63, 3.8) is 0 Å². The molecule has 0 aromatic carbocycles. The van der Waals surface area contributed by atoms with E-state index in [4.69, 9.17) is 5.14 Å². The highest BCUT2D eigenvalue weighted by Gasteiger charge is 2.22. The summed E-state index contributed by atoms with van der Waals surface area (Å²) in [4.78, 5) is 3.16. The zero-order valence-corrected chi connectivity index (χ0v) is 10.9. The van der Waals surface area contributed by atoms with Crippen LogP contribution in [0.1, 0.15) is 12.0 Å². The van der Waals surface area contributed by atoms with Crippen molar-refractivity contribution in [3.05, 3.63) is 15.3 Å². The Labute approximate surface area is 104 Å². The molecule has 2 N–H and O–H groups in total. The Balaban J connectivity index is 3.52. The molecule has 0 aliphatic carbocycles. The van der Waals surface area contributed by atoms with Crippen molar-refractivity contribution >= 4 is 32.6 Å². The van der Waals surface area contributed by atoms with Crippen LogP contribution in [-0.4, -0.2) is 20.5 Å². The lowest BCUT2D eigenvalue weighted by molar-refractivity contribution is 0.145. The first-order valence-corrected chi connectivity index (χ1v) is 6.45. The molecule has 1 aromatic heterocycles. The Morgan fingerprint density at radius 2 is 2.12 bits per heavy atom. The molecule has 1 heterocycles. The second-order valence-corrected chi connectivity index (χ2v) is 5.27. The summed E-state index contributed by atoms with van der Waals surface area (Å²) in [5.41, 5.74) is -0.605. The van der Waals surface area contributed by atoms with E-state index < -0.39 is 26.9 Å². The lowest BCUT2D eigenvalue weighted by atomic mass is 10.3. The molecule has 0 bridgehead atoms. The predicted molar refractivity (Wildman–Crippen MR) is 59.8 cm³/mol. The zero-order chi connectivity index (χ0) is 12.5. The van der Waals surface area contributed by atoms with Crippen LogP contribution in [-0.2, 0) is 10.0 Å². The van der Waals surface area contributed by atoms with E-state index in [1.54, 1.807) is 22.6 Å². The number of hydrogen-bond acceptors (Lipinski definition) is 4. The van der Waals surface area contributed by atoms with Crippen LogP contribution in [0.15, 0.2) is 11.0 Å². The van der Waals surface area contributed by atoms with Crippen molar-refractivity contribution in [1.82, 2.24) is 4.98 Å². The van der Waals surface area contributed by atoms with Crippen molar-refractivity contribution in [2.45, 2.75) is 11.3 Å². The number of hydrogen-bond donors (Lipinski definition) is 1. The molecule has 0 radical (unpaired) electrons. The van der Waals surface area contributed by atoms with E-state index in [1.165, 1.54) is 7.11 Å². The first-order chi connectivity index (χ1) is 7.27. The predicted octanol–water partition coefficient (Wildman–Crippen LogP) is 1.28. The molecule has 0 aliphatic rings. The van der Waals surface area contributed by atoms with Gasteiger partial charge in [-0.3, -0.25) is 0 Å². The second-order valence-electron chi connectivity index (χ2n) is 2.72. The van der Waals surface area contributed by atoms with Gasteiger partial charge in [0.05, 0.1) is 12.7 Å². The van der Waals surface area contributed by atoms with Crippen LogP contribution in [0.25, 0.3) is 0 Å². The fraction of sp³-hybridized carbons (Fsp3) is 0.286. The number of nitrogens with two attached hydrogens (primary N) is 1. The van der Waals surface area contributed by atoms with E-state index in [2.05, 4.69) is 9.72 Å². The summed E-state index contributed by atoms with van der Waals surface area (Å²) in [5.74, 6) is -0.313. The highest BCUT2D eigenvalue weighted by Crippen LogP contribution is 2.30. The molecule has 0 spiro atoms. The van der Waals surface area contributed by atoms with E-state index in [1.807, 2.05) is 0 Å². The van der Waals surface area contributed by atoms with Crippen molar-refractivity contribution < 1.29 is 21.9 Å². The van der Waals surface area contributed by atoms with Gasteiger partial charge in [0.25, 0.3) is 6.43 Å². The molecule has 9 heteroatoms. The number of aromatic nitrogens is 1. The lowest BCUT2D eigenvalue weighted by Crippen LogP contribution is -2.15. The van der Waals surface area contributed by atoms with Crippen LogP contribution in [0.5, 0.6) is 5.88 Å². The summed E-state index contributed by atoms with van der Waals surface area (Å²) >= 11 is 1.58. The molecule has 5 nitrogen and oxygen atoms in total. The zero-order valence-electron chi connectivity index (χ0n) is 7.95. The van der Waals surface area contributed by atoms with Crippen molar-refractivity contribution in [3.8, 4) is 5.88 Å². The minimum absolute atomic E-state index is 0.0126. The van der Waals surface area contributed by atoms with Gasteiger partial charge in [0.2, 0.25) is 15.9 Å². The summed E-state index contributed by atoms with van der Waals surface area (Å²) in [6.07, 6.45) is -2.89. The highest BCUT2D eigenvalue weighted by molar-refractivity contribution is 14.1. The van der Waals surface area contributed by atoms with Gasteiger partial charge >= 0.3 is 0 Å². The molecule has 1 aromatic rings. The van der Waals surface area contributed by atoms with Crippen LogP contribution in [0.3, 0.4) is 0 Å². The number of alkyl halides is 2. The number of rotatable bonds is 3. The number of pyridine rings is 1. The monoisotopic (exact) mass is 364 g/mol. The molecule has 0 atom stereocenters. The number of methoxy groups -OCH3 is 1. The molecular formula is C7H7F2IN2O3S. The summed E-state index contributed by atoms with van der Waals surface area (Å²) in [5, 5.41) is 4.86. The minimum atomic E-state index is -4.07. The molecule has 16 heavy (non-hydrogen) atoms. The van der Waals surface area contributed by atoms with Crippen molar-refractivity contribution in [2.24, 2.45) is 5.14 Å². The Bertz CT molecular complexity index is 507. The second kappa shape index (κ2) is 4.75. The maximum absolute atomic E-state index is 12.6. The number of ether oxygens (including phenoxy) is 1. The van der Waals surface area contributed by atoms with Gasteiger partial charge in [-0.15, -0.1) is 0 Å². The molecule has 1 rings (SSSR count). The Hall–Kier alpha value is -0.550. The maximum Gasteiger partial charge on any atom is 0.269 e.